The van der Waals surface area contributed by atoms with Crippen molar-refractivity contribution >= 4 is 29.9 Å². The third-order valence-electron chi connectivity index (χ3n) is 3.73. The molecule has 0 bridgehead atoms. The molecule has 0 atom stereocenters. The molecule has 0 saturated heterocycles. The molecular formula is C16H26IN3. The fourth-order valence-electron chi connectivity index (χ4n) is 2.52. The summed E-state index contributed by atoms with van der Waals surface area (Å²) in [7, 11) is 8.20. The molecule has 1 aliphatic rings. The predicted octanol–water partition coefficient (Wildman–Crippen LogP) is 3.11. The Bertz CT molecular complexity index is 426. The van der Waals surface area contributed by atoms with E-state index in [9.17, 15) is 0 Å². The summed E-state index contributed by atoms with van der Waals surface area (Å²) < 4.78 is 0. The number of aliphatic imine (C=N–C) groups is 1. The van der Waals surface area contributed by atoms with Crippen LogP contribution in [0.2, 0.25) is 0 Å². The minimum atomic E-state index is 0. The summed E-state index contributed by atoms with van der Waals surface area (Å²) >= 11 is 0. The van der Waals surface area contributed by atoms with Crippen LogP contribution in [0.1, 0.15) is 18.4 Å². The molecule has 2 rings (SSSR count). The zero-order valence-electron chi connectivity index (χ0n) is 13.0. The number of guanidine groups is 1. The van der Waals surface area contributed by atoms with E-state index >= 15 is 0 Å². The van der Waals surface area contributed by atoms with Gasteiger partial charge in [-0.05, 0) is 30.2 Å². The summed E-state index contributed by atoms with van der Waals surface area (Å²) in [5, 5.41) is 0. The molecule has 1 aromatic rings. The fraction of sp³-hybridized carbons (Fsp3) is 0.562. The summed E-state index contributed by atoms with van der Waals surface area (Å²) in [4.78, 5) is 8.99. The van der Waals surface area contributed by atoms with Crippen LogP contribution in [-0.4, -0.2) is 50.5 Å². The summed E-state index contributed by atoms with van der Waals surface area (Å²) in [6.07, 6.45) is 3.77. The maximum atomic E-state index is 4.82. The van der Waals surface area contributed by atoms with E-state index in [0.29, 0.717) is 5.41 Å². The van der Waals surface area contributed by atoms with Gasteiger partial charge in [0.15, 0.2) is 5.96 Å². The van der Waals surface area contributed by atoms with E-state index in [0.717, 1.165) is 18.9 Å². The molecule has 0 aliphatic heterocycles. The topological polar surface area (TPSA) is 18.8 Å². The van der Waals surface area contributed by atoms with E-state index in [1.54, 1.807) is 0 Å². The van der Waals surface area contributed by atoms with Gasteiger partial charge in [0, 0.05) is 34.7 Å². The molecule has 1 aliphatic carbocycles. The van der Waals surface area contributed by atoms with E-state index in [1.165, 1.54) is 18.4 Å². The molecule has 20 heavy (non-hydrogen) atoms. The van der Waals surface area contributed by atoms with Crippen LogP contribution in [0.4, 0.5) is 0 Å². The second kappa shape index (κ2) is 7.29. The first-order valence-electron chi connectivity index (χ1n) is 6.95. The van der Waals surface area contributed by atoms with Crippen LogP contribution >= 0.6 is 24.0 Å². The quantitative estimate of drug-likeness (QED) is 0.449. The Labute approximate surface area is 140 Å². The van der Waals surface area contributed by atoms with Crippen LogP contribution in [0, 0.1) is 5.41 Å². The van der Waals surface area contributed by atoms with Gasteiger partial charge in [-0.1, -0.05) is 30.3 Å². The molecule has 0 heterocycles. The highest BCUT2D eigenvalue weighted by atomic mass is 127. The Morgan fingerprint density at radius 3 is 2.05 bits per heavy atom. The van der Waals surface area contributed by atoms with E-state index in [-0.39, 0.29) is 24.0 Å². The lowest BCUT2D eigenvalue weighted by atomic mass is 9.97. The van der Waals surface area contributed by atoms with Gasteiger partial charge in [-0.15, -0.1) is 24.0 Å². The third kappa shape index (κ3) is 4.65. The molecule has 4 heteroatoms. The maximum absolute atomic E-state index is 4.82. The van der Waals surface area contributed by atoms with Gasteiger partial charge in [0.1, 0.15) is 0 Å². The largest absolute Gasteiger partial charge is 0.349 e. The SMILES string of the molecule is CN(C)C(=NCC1(Cc2ccccc2)CC1)N(C)C.I. The Hall–Kier alpha value is -0.780. The molecule has 0 N–H and O–H groups in total. The number of rotatable bonds is 4. The first-order valence-corrected chi connectivity index (χ1v) is 6.95. The van der Waals surface area contributed by atoms with Crippen molar-refractivity contribution in [1.29, 1.82) is 0 Å². The molecular weight excluding hydrogens is 361 g/mol. The first-order chi connectivity index (χ1) is 9.02. The molecule has 0 aromatic heterocycles. The van der Waals surface area contributed by atoms with Crippen molar-refractivity contribution in [1.82, 2.24) is 9.80 Å². The number of nitrogens with zero attached hydrogens (tertiary/aromatic N) is 3. The first kappa shape index (κ1) is 17.3. The van der Waals surface area contributed by atoms with Crippen LogP contribution in [-0.2, 0) is 6.42 Å². The van der Waals surface area contributed by atoms with Crippen molar-refractivity contribution in [2.75, 3.05) is 34.7 Å². The van der Waals surface area contributed by atoms with E-state index in [1.807, 2.05) is 0 Å². The zero-order chi connectivity index (χ0) is 13.9. The Kier molecular flexibility index (Phi) is 6.30. The van der Waals surface area contributed by atoms with Gasteiger partial charge in [0.2, 0.25) is 0 Å². The summed E-state index contributed by atoms with van der Waals surface area (Å²) in [5.74, 6) is 1.05. The minimum Gasteiger partial charge on any atom is -0.349 e. The maximum Gasteiger partial charge on any atom is 0.195 e. The Balaban J connectivity index is 0.00000200. The normalized spacial score (nSPS) is 15.0. The van der Waals surface area contributed by atoms with Gasteiger partial charge in [-0.25, -0.2) is 0 Å². The Morgan fingerprint density at radius 1 is 1.05 bits per heavy atom. The van der Waals surface area contributed by atoms with Crippen molar-refractivity contribution in [2.24, 2.45) is 10.4 Å². The van der Waals surface area contributed by atoms with Gasteiger partial charge in [0.25, 0.3) is 0 Å². The number of hydrogen-bond acceptors (Lipinski definition) is 1. The van der Waals surface area contributed by atoms with Gasteiger partial charge < -0.3 is 9.80 Å². The molecule has 112 valence electrons. The monoisotopic (exact) mass is 387 g/mol. The minimum absolute atomic E-state index is 0. The van der Waals surface area contributed by atoms with Crippen molar-refractivity contribution in [3.8, 4) is 0 Å². The van der Waals surface area contributed by atoms with Crippen LogP contribution in [0.25, 0.3) is 0 Å². The lowest BCUT2D eigenvalue weighted by Gasteiger charge is -2.24. The number of benzene rings is 1. The molecule has 0 unspecified atom stereocenters. The van der Waals surface area contributed by atoms with Crippen LogP contribution in [0.15, 0.2) is 35.3 Å². The molecule has 0 radical (unpaired) electrons. The number of halogens is 1. The van der Waals surface area contributed by atoms with Crippen molar-refractivity contribution in [3.05, 3.63) is 35.9 Å². The van der Waals surface area contributed by atoms with Gasteiger partial charge in [0.05, 0.1) is 0 Å². The van der Waals surface area contributed by atoms with Crippen molar-refractivity contribution in [2.45, 2.75) is 19.3 Å². The summed E-state index contributed by atoms with van der Waals surface area (Å²) in [6, 6.07) is 10.8. The van der Waals surface area contributed by atoms with E-state index in [2.05, 4.69) is 68.3 Å². The smallest absolute Gasteiger partial charge is 0.195 e. The average Bonchev–Trinajstić information content (AvgIpc) is 3.09. The van der Waals surface area contributed by atoms with E-state index in [4.69, 9.17) is 4.99 Å². The highest BCUT2D eigenvalue weighted by molar-refractivity contribution is 14.0. The second-order valence-corrected chi connectivity index (χ2v) is 6.07. The van der Waals surface area contributed by atoms with Crippen molar-refractivity contribution in [3.63, 3.8) is 0 Å². The van der Waals surface area contributed by atoms with Gasteiger partial charge >= 0.3 is 0 Å². The molecule has 0 amide bonds. The Morgan fingerprint density at radius 2 is 1.60 bits per heavy atom. The second-order valence-electron chi connectivity index (χ2n) is 6.07. The van der Waals surface area contributed by atoms with Gasteiger partial charge in [-0.2, -0.15) is 0 Å². The van der Waals surface area contributed by atoms with E-state index < -0.39 is 0 Å². The highest BCUT2D eigenvalue weighted by Crippen LogP contribution is 2.48. The summed E-state index contributed by atoms with van der Waals surface area (Å²) in [5.41, 5.74) is 1.85. The predicted molar refractivity (Wildman–Crippen MR) is 96.9 cm³/mol. The third-order valence-corrected chi connectivity index (χ3v) is 3.73. The molecule has 3 nitrogen and oxygen atoms in total. The van der Waals surface area contributed by atoms with Crippen molar-refractivity contribution < 1.29 is 0 Å². The molecule has 0 spiro atoms. The summed E-state index contributed by atoms with van der Waals surface area (Å²) in [6.45, 7) is 0.938. The lowest BCUT2D eigenvalue weighted by Crippen LogP contribution is -2.36. The molecule has 1 aromatic carbocycles. The van der Waals surface area contributed by atoms with Crippen LogP contribution in [0.5, 0.6) is 0 Å². The van der Waals surface area contributed by atoms with Crippen LogP contribution < -0.4 is 0 Å². The zero-order valence-corrected chi connectivity index (χ0v) is 15.3. The highest BCUT2D eigenvalue weighted by Gasteiger charge is 2.42. The molecule has 1 saturated carbocycles. The van der Waals surface area contributed by atoms with Gasteiger partial charge in [-0.3, -0.25) is 4.99 Å². The lowest BCUT2D eigenvalue weighted by molar-refractivity contribution is 0.461. The standard InChI is InChI=1S/C16H25N3.HI/c1-18(2)15(19(3)4)17-13-16(10-11-16)12-14-8-6-5-7-9-14;/h5-9H,10-13H2,1-4H3;1H. The average molecular weight is 387 g/mol. The fourth-order valence-corrected chi connectivity index (χ4v) is 2.52. The number of hydrogen-bond donors (Lipinski definition) is 0. The van der Waals surface area contributed by atoms with Crippen LogP contribution in [0.3, 0.4) is 0 Å². The molecule has 1 fully saturated rings.